The molecule has 0 aliphatic rings. The fourth-order valence-corrected chi connectivity index (χ4v) is 2.76. The van der Waals surface area contributed by atoms with Gasteiger partial charge in [-0.1, -0.05) is 32.0 Å². The maximum absolute atomic E-state index is 5.30. The predicted octanol–water partition coefficient (Wildman–Crippen LogP) is 4.97. The maximum atomic E-state index is 5.30. The second-order valence-corrected chi connectivity index (χ2v) is 6.71. The van der Waals surface area contributed by atoms with Gasteiger partial charge in [-0.2, -0.15) is 4.98 Å². The zero-order valence-electron chi connectivity index (χ0n) is 16.7. The van der Waals surface area contributed by atoms with E-state index in [9.17, 15) is 0 Å². The standard InChI is InChI=1S/C22H26N4O2/c1-15(2)20-14-24-22(23-13-16-8-10-18(27-3)11-9-16)26-21(20)25-17-6-5-7-19(12-17)28-4/h5-12,14-15H,13H2,1-4H3,(H2,23,24,25,26). The van der Waals surface area contributed by atoms with E-state index in [2.05, 4.69) is 29.5 Å². The van der Waals surface area contributed by atoms with Crippen LogP contribution in [0.5, 0.6) is 11.5 Å². The first kappa shape index (κ1) is 19.5. The lowest BCUT2D eigenvalue weighted by Crippen LogP contribution is -2.08. The number of nitrogens with zero attached hydrogens (tertiary/aromatic N) is 2. The molecular formula is C22H26N4O2. The van der Waals surface area contributed by atoms with E-state index in [0.29, 0.717) is 18.4 Å². The van der Waals surface area contributed by atoms with Crippen LogP contribution >= 0.6 is 0 Å². The molecule has 0 radical (unpaired) electrons. The summed E-state index contributed by atoms with van der Waals surface area (Å²) in [5.41, 5.74) is 3.10. The molecule has 6 heteroatoms. The molecule has 146 valence electrons. The van der Waals surface area contributed by atoms with Crippen molar-refractivity contribution >= 4 is 17.5 Å². The molecule has 0 bridgehead atoms. The SMILES string of the molecule is COc1ccc(CNc2ncc(C(C)C)c(Nc3cccc(OC)c3)n2)cc1. The average molecular weight is 378 g/mol. The fraction of sp³-hybridized carbons (Fsp3) is 0.273. The molecule has 1 aromatic heterocycles. The van der Waals surface area contributed by atoms with Crippen molar-refractivity contribution in [1.29, 1.82) is 0 Å². The van der Waals surface area contributed by atoms with Crippen LogP contribution in [0.4, 0.5) is 17.5 Å². The molecule has 2 N–H and O–H groups in total. The molecule has 0 atom stereocenters. The summed E-state index contributed by atoms with van der Waals surface area (Å²) in [4.78, 5) is 9.17. The second-order valence-electron chi connectivity index (χ2n) is 6.71. The molecule has 2 aromatic carbocycles. The van der Waals surface area contributed by atoms with E-state index in [-0.39, 0.29) is 0 Å². The van der Waals surface area contributed by atoms with Crippen LogP contribution in [0.1, 0.15) is 30.9 Å². The largest absolute Gasteiger partial charge is 0.497 e. The van der Waals surface area contributed by atoms with Gasteiger partial charge in [0.05, 0.1) is 14.2 Å². The Bertz CT molecular complexity index is 911. The first-order valence-electron chi connectivity index (χ1n) is 9.24. The van der Waals surface area contributed by atoms with Crippen molar-refractivity contribution in [3.8, 4) is 11.5 Å². The van der Waals surface area contributed by atoms with E-state index < -0.39 is 0 Å². The van der Waals surface area contributed by atoms with Crippen LogP contribution in [-0.2, 0) is 6.54 Å². The van der Waals surface area contributed by atoms with Crippen LogP contribution in [0, 0.1) is 0 Å². The zero-order valence-corrected chi connectivity index (χ0v) is 16.7. The van der Waals surface area contributed by atoms with Crippen LogP contribution < -0.4 is 20.1 Å². The third kappa shape index (κ3) is 4.91. The van der Waals surface area contributed by atoms with Crippen molar-refractivity contribution in [2.24, 2.45) is 0 Å². The monoisotopic (exact) mass is 378 g/mol. The van der Waals surface area contributed by atoms with Crippen molar-refractivity contribution in [2.45, 2.75) is 26.3 Å². The van der Waals surface area contributed by atoms with Crippen molar-refractivity contribution < 1.29 is 9.47 Å². The first-order chi connectivity index (χ1) is 13.6. The molecular weight excluding hydrogens is 352 g/mol. The molecule has 3 rings (SSSR count). The highest BCUT2D eigenvalue weighted by atomic mass is 16.5. The molecule has 0 unspecified atom stereocenters. The van der Waals surface area contributed by atoms with Crippen molar-refractivity contribution in [3.05, 3.63) is 65.9 Å². The minimum Gasteiger partial charge on any atom is -0.497 e. The lowest BCUT2D eigenvalue weighted by molar-refractivity contribution is 0.414. The number of ether oxygens (including phenoxy) is 2. The highest BCUT2D eigenvalue weighted by Crippen LogP contribution is 2.27. The third-order valence-electron chi connectivity index (χ3n) is 4.38. The summed E-state index contributed by atoms with van der Waals surface area (Å²) >= 11 is 0. The molecule has 6 nitrogen and oxygen atoms in total. The summed E-state index contributed by atoms with van der Waals surface area (Å²) in [5, 5.41) is 6.68. The summed E-state index contributed by atoms with van der Waals surface area (Å²) in [5.74, 6) is 3.29. The third-order valence-corrected chi connectivity index (χ3v) is 4.38. The number of rotatable bonds is 8. The van der Waals surface area contributed by atoms with Crippen molar-refractivity contribution in [2.75, 3.05) is 24.9 Å². The molecule has 0 fully saturated rings. The number of benzene rings is 2. The van der Waals surface area contributed by atoms with E-state index in [0.717, 1.165) is 34.1 Å². The molecule has 0 spiro atoms. The van der Waals surface area contributed by atoms with E-state index in [4.69, 9.17) is 14.5 Å². The Kier molecular flexibility index (Phi) is 6.32. The van der Waals surface area contributed by atoms with E-state index in [1.54, 1.807) is 14.2 Å². The Morgan fingerprint density at radius 2 is 1.71 bits per heavy atom. The van der Waals surface area contributed by atoms with Gasteiger partial charge >= 0.3 is 0 Å². The number of methoxy groups -OCH3 is 2. The number of nitrogens with one attached hydrogen (secondary N) is 2. The van der Waals surface area contributed by atoms with E-state index in [1.165, 1.54) is 0 Å². The van der Waals surface area contributed by atoms with E-state index >= 15 is 0 Å². The molecule has 0 aliphatic carbocycles. The van der Waals surface area contributed by atoms with Crippen molar-refractivity contribution in [3.63, 3.8) is 0 Å². The van der Waals surface area contributed by atoms with Gasteiger partial charge in [0.2, 0.25) is 5.95 Å². The van der Waals surface area contributed by atoms with Gasteiger partial charge in [-0.15, -0.1) is 0 Å². The molecule has 0 saturated heterocycles. The summed E-state index contributed by atoms with van der Waals surface area (Å²) in [6.45, 7) is 4.88. The van der Waals surface area contributed by atoms with Gasteiger partial charge in [0, 0.05) is 30.1 Å². The van der Waals surface area contributed by atoms with Gasteiger partial charge in [0.1, 0.15) is 17.3 Å². The Hall–Kier alpha value is -3.28. The lowest BCUT2D eigenvalue weighted by Gasteiger charge is -2.15. The summed E-state index contributed by atoms with van der Waals surface area (Å²) in [6.07, 6.45) is 1.87. The Balaban J connectivity index is 1.78. The molecule has 1 heterocycles. The molecule has 0 aliphatic heterocycles. The van der Waals surface area contributed by atoms with Gasteiger partial charge in [-0.05, 0) is 35.7 Å². The highest BCUT2D eigenvalue weighted by molar-refractivity contribution is 5.62. The van der Waals surface area contributed by atoms with Gasteiger partial charge in [-0.3, -0.25) is 0 Å². The zero-order chi connectivity index (χ0) is 19.9. The Morgan fingerprint density at radius 3 is 2.39 bits per heavy atom. The van der Waals surface area contributed by atoms with Gasteiger partial charge < -0.3 is 20.1 Å². The van der Waals surface area contributed by atoms with Crippen LogP contribution in [0.25, 0.3) is 0 Å². The van der Waals surface area contributed by atoms with Crippen LogP contribution in [0.2, 0.25) is 0 Å². The maximum Gasteiger partial charge on any atom is 0.224 e. The number of hydrogen-bond acceptors (Lipinski definition) is 6. The average Bonchev–Trinajstić information content (AvgIpc) is 2.72. The van der Waals surface area contributed by atoms with Crippen LogP contribution in [-0.4, -0.2) is 24.2 Å². The molecule has 3 aromatic rings. The summed E-state index contributed by atoms with van der Waals surface area (Å²) in [7, 11) is 3.32. The Morgan fingerprint density at radius 1 is 0.964 bits per heavy atom. The molecule has 0 saturated carbocycles. The summed E-state index contributed by atoms with van der Waals surface area (Å²) < 4.78 is 10.5. The lowest BCUT2D eigenvalue weighted by atomic mass is 10.1. The molecule has 0 amide bonds. The number of aromatic nitrogens is 2. The highest BCUT2D eigenvalue weighted by Gasteiger charge is 2.11. The number of hydrogen-bond donors (Lipinski definition) is 2. The van der Waals surface area contributed by atoms with E-state index in [1.807, 2.05) is 54.7 Å². The quantitative estimate of drug-likeness (QED) is 0.577. The smallest absolute Gasteiger partial charge is 0.224 e. The van der Waals surface area contributed by atoms with Gasteiger partial charge in [0.15, 0.2) is 0 Å². The van der Waals surface area contributed by atoms with Gasteiger partial charge in [0.25, 0.3) is 0 Å². The van der Waals surface area contributed by atoms with Crippen LogP contribution in [0.15, 0.2) is 54.7 Å². The van der Waals surface area contributed by atoms with Crippen molar-refractivity contribution in [1.82, 2.24) is 9.97 Å². The summed E-state index contributed by atoms with van der Waals surface area (Å²) in [6, 6.07) is 15.7. The minimum absolute atomic E-state index is 0.295. The Labute approximate surface area is 166 Å². The predicted molar refractivity (Wildman–Crippen MR) is 113 cm³/mol. The normalized spacial score (nSPS) is 10.6. The first-order valence-corrected chi connectivity index (χ1v) is 9.24. The molecule has 28 heavy (non-hydrogen) atoms. The fourth-order valence-electron chi connectivity index (χ4n) is 2.76. The minimum atomic E-state index is 0.295. The van der Waals surface area contributed by atoms with Gasteiger partial charge in [-0.25, -0.2) is 4.98 Å². The second kappa shape index (κ2) is 9.08. The number of anilines is 3. The van der Waals surface area contributed by atoms with Crippen LogP contribution in [0.3, 0.4) is 0 Å². The topological polar surface area (TPSA) is 68.3 Å².